The third-order valence-corrected chi connectivity index (χ3v) is 3.44. The van der Waals surface area contributed by atoms with Crippen molar-refractivity contribution in [2.24, 2.45) is 0 Å². The van der Waals surface area contributed by atoms with Gasteiger partial charge in [0, 0.05) is 38.8 Å². The Labute approximate surface area is 103 Å². The molecule has 3 nitrogen and oxygen atoms in total. The molecule has 1 heterocycles. The van der Waals surface area contributed by atoms with Gasteiger partial charge in [0.05, 0.1) is 0 Å². The summed E-state index contributed by atoms with van der Waals surface area (Å²) in [6, 6.07) is 9.20. The molecule has 0 amide bonds. The van der Waals surface area contributed by atoms with Crippen LogP contribution < -0.4 is 5.32 Å². The summed E-state index contributed by atoms with van der Waals surface area (Å²) in [4.78, 5) is 2.47. The van der Waals surface area contributed by atoms with Crippen LogP contribution in [-0.4, -0.2) is 42.3 Å². The fourth-order valence-corrected chi connectivity index (χ4v) is 2.37. The zero-order valence-corrected chi connectivity index (χ0v) is 10.5. The molecular weight excluding hydrogens is 212 g/mol. The predicted molar refractivity (Wildman–Crippen MR) is 69.9 cm³/mol. The van der Waals surface area contributed by atoms with Crippen LogP contribution in [0.3, 0.4) is 0 Å². The number of aryl methyl sites for hydroxylation is 1. The van der Waals surface area contributed by atoms with E-state index in [9.17, 15) is 0 Å². The normalized spacial score (nSPS) is 21.6. The molecule has 0 spiro atoms. The van der Waals surface area contributed by atoms with Crippen LogP contribution in [-0.2, 0) is 6.54 Å². The summed E-state index contributed by atoms with van der Waals surface area (Å²) in [5.41, 5.74) is 2.67. The van der Waals surface area contributed by atoms with Gasteiger partial charge in [0.15, 0.2) is 0 Å². The van der Waals surface area contributed by atoms with Crippen molar-refractivity contribution in [1.29, 1.82) is 0 Å². The number of aliphatic hydroxyl groups excluding tert-OH is 1. The van der Waals surface area contributed by atoms with E-state index in [-0.39, 0.29) is 6.61 Å². The number of hydrogen-bond donors (Lipinski definition) is 2. The van der Waals surface area contributed by atoms with E-state index >= 15 is 0 Å². The third-order valence-electron chi connectivity index (χ3n) is 3.44. The molecule has 2 rings (SSSR count). The second-order valence-corrected chi connectivity index (χ2v) is 4.83. The first-order valence-electron chi connectivity index (χ1n) is 6.41. The van der Waals surface area contributed by atoms with Crippen LogP contribution >= 0.6 is 0 Å². The SMILES string of the molecule is Cc1ccc(CN2CCNC[C@@H]2CCO)cc1. The highest BCUT2D eigenvalue weighted by Crippen LogP contribution is 2.13. The van der Waals surface area contributed by atoms with Crippen LogP contribution in [0, 0.1) is 6.92 Å². The Morgan fingerprint density at radius 2 is 2.12 bits per heavy atom. The lowest BCUT2D eigenvalue weighted by Gasteiger charge is -2.36. The standard InChI is InChI=1S/C14H22N2O/c1-12-2-4-13(5-3-12)11-16-8-7-15-10-14(16)6-9-17/h2-5,14-15,17H,6-11H2,1H3/t14-/m0/s1. The van der Waals surface area contributed by atoms with Crippen molar-refractivity contribution < 1.29 is 5.11 Å². The molecule has 1 atom stereocenters. The first-order valence-corrected chi connectivity index (χ1v) is 6.41. The average Bonchev–Trinajstić information content (AvgIpc) is 2.35. The van der Waals surface area contributed by atoms with E-state index in [1.54, 1.807) is 0 Å². The Morgan fingerprint density at radius 3 is 2.82 bits per heavy atom. The fourth-order valence-electron chi connectivity index (χ4n) is 2.37. The molecule has 1 saturated heterocycles. The summed E-state index contributed by atoms with van der Waals surface area (Å²) >= 11 is 0. The van der Waals surface area contributed by atoms with E-state index in [2.05, 4.69) is 41.4 Å². The minimum atomic E-state index is 0.275. The molecule has 1 fully saturated rings. The van der Waals surface area contributed by atoms with E-state index < -0.39 is 0 Å². The predicted octanol–water partition coefficient (Wildman–Crippen LogP) is 1.15. The van der Waals surface area contributed by atoms with Crippen molar-refractivity contribution in [3.8, 4) is 0 Å². The fraction of sp³-hybridized carbons (Fsp3) is 0.571. The molecule has 94 valence electrons. The van der Waals surface area contributed by atoms with Crippen molar-refractivity contribution in [3.05, 3.63) is 35.4 Å². The first kappa shape index (κ1) is 12.6. The molecule has 0 aliphatic carbocycles. The number of aliphatic hydroxyl groups is 1. The van der Waals surface area contributed by atoms with Crippen LogP contribution in [0.15, 0.2) is 24.3 Å². The van der Waals surface area contributed by atoms with Gasteiger partial charge in [-0.2, -0.15) is 0 Å². The van der Waals surface area contributed by atoms with Gasteiger partial charge in [0.25, 0.3) is 0 Å². The molecule has 0 saturated carbocycles. The first-order chi connectivity index (χ1) is 8.29. The average molecular weight is 234 g/mol. The summed E-state index contributed by atoms with van der Waals surface area (Å²) in [5.74, 6) is 0. The Bertz CT molecular complexity index is 335. The summed E-state index contributed by atoms with van der Waals surface area (Å²) in [6.45, 7) is 6.49. The molecular formula is C14H22N2O. The number of piperazine rings is 1. The number of hydrogen-bond acceptors (Lipinski definition) is 3. The monoisotopic (exact) mass is 234 g/mol. The molecule has 2 N–H and O–H groups in total. The Balaban J connectivity index is 1.97. The second kappa shape index (κ2) is 6.15. The minimum absolute atomic E-state index is 0.275. The number of nitrogens with zero attached hydrogens (tertiary/aromatic N) is 1. The second-order valence-electron chi connectivity index (χ2n) is 4.83. The summed E-state index contributed by atoms with van der Waals surface area (Å²) < 4.78 is 0. The topological polar surface area (TPSA) is 35.5 Å². The molecule has 1 aromatic rings. The van der Waals surface area contributed by atoms with Crippen molar-refractivity contribution in [3.63, 3.8) is 0 Å². The van der Waals surface area contributed by atoms with Crippen LogP contribution in [0.5, 0.6) is 0 Å². The highest BCUT2D eigenvalue weighted by molar-refractivity contribution is 5.21. The quantitative estimate of drug-likeness (QED) is 0.820. The van der Waals surface area contributed by atoms with E-state index in [1.807, 2.05) is 0 Å². The molecule has 17 heavy (non-hydrogen) atoms. The highest BCUT2D eigenvalue weighted by Gasteiger charge is 2.21. The number of benzene rings is 1. The minimum Gasteiger partial charge on any atom is -0.396 e. The van der Waals surface area contributed by atoms with Gasteiger partial charge in [0.2, 0.25) is 0 Å². The summed E-state index contributed by atoms with van der Waals surface area (Å²) in [7, 11) is 0. The van der Waals surface area contributed by atoms with E-state index in [0.29, 0.717) is 6.04 Å². The lowest BCUT2D eigenvalue weighted by Crippen LogP contribution is -2.51. The van der Waals surface area contributed by atoms with Crippen molar-refractivity contribution in [2.75, 3.05) is 26.2 Å². The van der Waals surface area contributed by atoms with Crippen LogP contribution in [0.2, 0.25) is 0 Å². The molecule has 1 aliphatic rings. The molecule has 0 bridgehead atoms. The molecule has 0 aromatic heterocycles. The van der Waals surface area contributed by atoms with E-state index in [4.69, 9.17) is 5.11 Å². The maximum atomic E-state index is 9.08. The van der Waals surface area contributed by atoms with Crippen LogP contribution in [0.4, 0.5) is 0 Å². The highest BCUT2D eigenvalue weighted by atomic mass is 16.3. The van der Waals surface area contributed by atoms with Gasteiger partial charge in [0.1, 0.15) is 0 Å². The van der Waals surface area contributed by atoms with Gasteiger partial charge < -0.3 is 10.4 Å². The molecule has 3 heteroatoms. The number of rotatable bonds is 4. The summed E-state index contributed by atoms with van der Waals surface area (Å²) in [6.07, 6.45) is 0.860. The zero-order chi connectivity index (χ0) is 12.1. The molecule has 0 unspecified atom stereocenters. The van der Waals surface area contributed by atoms with Crippen molar-refractivity contribution in [1.82, 2.24) is 10.2 Å². The van der Waals surface area contributed by atoms with Gasteiger partial charge in [-0.3, -0.25) is 4.90 Å². The van der Waals surface area contributed by atoms with Crippen LogP contribution in [0.1, 0.15) is 17.5 Å². The maximum absolute atomic E-state index is 9.08. The Morgan fingerprint density at radius 1 is 1.35 bits per heavy atom. The molecule has 1 aromatic carbocycles. The van der Waals surface area contributed by atoms with E-state index in [1.165, 1.54) is 11.1 Å². The Kier molecular flexibility index (Phi) is 4.54. The Hall–Kier alpha value is -0.900. The smallest absolute Gasteiger partial charge is 0.0446 e. The van der Waals surface area contributed by atoms with E-state index in [0.717, 1.165) is 32.6 Å². The lowest BCUT2D eigenvalue weighted by molar-refractivity contribution is 0.123. The lowest BCUT2D eigenvalue weighted by atomic mass is 10.1. The zero-order valence-electron chi connectivity index (χ0n) is 10.5. The van der Waals surface area contributed by atoms with Gasteiger partial charge in [-0.05, 0) is 18.9 Å². The van der Waals surface area contributed by atoms with Gasteiger partial charge in [-0.15, -0.1) is 0 Å². The van der Waals surface area contributed by atoms with Gasteiger partial charge in [-0.25, -0.2) is 0 Å². The number of nitrogens with one attached hydrogen (secondary N) is 1. The van der Waals surface area contributed by atoms with Gasteiger partial charge >= 0.3 is 0 Å². The maximum Gasteiger partial charge on any atom is 0.0446 e. The van der Waals surface area contributed by atoms with Gasteiger partial charge in [-0.1, -0.05) is 29.8 Å². The van der Waals surface area contributed by atoms with Crippen LogP contribution in [0.25, 0.3) is 0 Å². The largest absolute Gasteiger partial charge is 0.396 e. The third kappa shape index (κ3) is 3.53. The van der Waals surface area contributed by atoms with Crippen molar-refractivity contribution >= 4 is 0 Å². The molecule has 0 radical (unpaired) electrons. The summed E-state index contributed by atoms with van der Waals surface area (Å²) in [5, 5.41) is 12.5. The molecule has 1 aliphatic heterocycles. The van der Waals surface area contributed by atoms with Crippen molar-refractivity contribution in [2.45, 2.75) is 25.9 Å².